The molecule has 0 spiro atoms. The Kier molecular flexibility index (Phi) is 4.52. The molecule has 3 aromatic carbocycles. The predicted octanol–water partition coefficient (Wildman–Crippen LogP) is 2.95. The zero-order valence-electron chi connectivity index (χ0n) is 13.5. The molecule has 0 fully saturated rings. The van der Waals surface area contributed by atoms with Crippen molar-refractivity contribution in [1.29, 1.82) is 0 Å². The summed E-state index contributed by atoms with van der Waals surface area (Å²) in [4.78, 5) is 22.1. The van der Waals surface area contributed by atoms with E-state index in [4.69, 9.17) is 4.55 Å². The quantitative estimate of drug-likeness (QED) is 0.354. The fourth-order valence-electron chi connectivity index (χ4n) is 2.51. The number of hydrogen-bond donors (Lipinski definition) is 3. The molecule has 1 amide bonds. The molecule has 3 N–H and O–H groups in total. The average molecular weight is 388 g/mol. The van der Waals surface area contributed by atoms with Gasteiger partial charge in [0.15, 0.2) is 0 Å². The molecule has 0 saturated heterocycles. The van der Waals surface area contributed by atoms with Gasteiger partial charge in [0.2, 0.25) is 0 Å². The minimum absolute atomic E-state index is 0.0607. The molecule has 0 aliphatic carbocycles. The highest BCUT2D eigenvalue weighted by Gasteiger charge is 2.15. The van der Waals surface area contributed by atoms with E-state index in [9.17, 15) is 28.4 Å². The first-order valence-electron chi connectivity index (χ1n) is 7.45. The average Bonchev–Trinajstić information content (AvgIpc) is 2.60. The van der Waals surface area contributed by atoms with Gasteiger partial charge in [0.1, 0.15) is 5.75 Å². The molecule has 0 radical (unpaired) electrons. The zero-order valence-corrected chi connectivity index (χ0v) is 14.3. The molecule has 10 heteroatoms. The highest BCUT2D eigenvalue weighted by molar-refractivity contribution is 7.85. The van der Waals surface area contributed by atoms with Crippen LogP contribution in [0.2, 0.25) is 0 Å². The van der Waals surface area contributed by atoms with Gasteiger partial charge in [-0.3, -0.25) is 19.5 Å². The van der Waals surface area contributed by atoms with Crippen LogP contribution in [0, 0.1) is 10.1 Å². The molecule has 0 unspecified atom stereocenters. The standard InChI is InChI=1S/C17H12N2O7S/c20-16-8-12(6-10-4-5-14(9-15(10)16)27(24,25)26)18-17(21)11-2-1-3-13(7-11)19(22)23/h1-9,20H,(H,18,21)(H,24,25,26). The summed E-state index contributed by atoms with van der Waals surface area (Å²) < 4.78 is 31.5. The Bertz CT molecular complexity index is 1190. The minimum Gasteiger partial charge on any atom is -0.507 e. The number of rotatable bonds is 4. The van der Waals surface area contributed by atoms with Crippen LogP contribution in [-0.4, -0.2) is 28.9 Å². The Morgan fingerprint density at radius 1 is 1.07 bits per heavy atom. The molecule has 0 saturated carbocycles. The van der Waals surface area contributed by atoms with Crippen LogP contribution in [0.4, 0.5) is 11.4 Å². The lowest BCUT2D eigenvalue weighted by atomic mass is 10.1. The Morgan fingerprint density at radius 2 is 1.81 bits per heavy atom. The van der Waals surface area contributed by atoms with E-state index < -0.39 is 20.9 Å². The maximum atomic E-state index is 12.3. The van der Waals surface area contributed by atoms with E-state index in [-0.39, 0.29) is 33.0 Å². The third-order valence-electron chi connectivity index (χ3n) is 3.78. The number of fused-ring (bicyclic) bond motifs is 1. The van der Waals surface area contributed by atoms with Crippen molar-refractivity contribution in [1.82, 2.24) is 0 Å². The number of benzene rings is 3. The molecule has 9 nitrogen and oxygen atoms in total. The topological polar surface area (TPSA) is 147 Å². The van der Waals surface area contributed by atoms with Gasteiger partial charge < -0.3 is 10.4 Å². The molecule has 0 aliphatic heterocycles. The first-order valence-corrected chi connectivity index (χ1v) is 8.89. The van der Waals surface area contributed by atoms with Crippen LogP contribution in [-0.2, 0) is 10.1 Å². The highest BCUT2D eigenvalue weighted by atomic mass is 32.2. The number of hydrogen-bond acceptors (Lipinski definition) is 6. The second kappa shape index (κ2) is 6.67. The number of nitro groups is 1. The van der Waals surface area contributed by atoms with Crippen LogP contribution in [0.25, 0.3) is 10.8 Å². The number of amides is 1. The van der Waals surface area contributed by atoms with E-state index in [0.29, 0.717) is 5.39 Å². The third kappa shape index (κ3) is 3.86. The molecule has 0 atom stereocenters. The summed E-state index contributed by atoms with van der Waals surface area (Å²) in [5.41, 5.74) is 0.0309. The van der Waals surface area contributed by atoms with Crippen LogP contribution in [0.5, 0.6) is 5.75 Å². The third-order valence-corrected chi connectivity index (χ3v) is 4.63. The van der Waals surface area contributed by atoms with Crippen LogP contribution in [0.1, 0.15) is 10.4 Å². The van der Waals surface area contributed by atoms with Crippen molar-refractivity contribution < 1.29 is 27.8 Å². The van der Waals surface area contributed by atoms with E-state index >= 15 is 0 Å². The van der Waals surface area contributed by atoms with Crippen molar-refractivity contribution in [2.75, 3.05) is 5.32 Å². The predicted molar refractivity (Wildman–Crippen MR) is 96.5 cm³/mol. The summed E-state index contributed by atoms with van der Waals surface area (Å²) in [6.07, 6.45) is 0. The van der Waals surface area contributed by atoms with Gasteiger partial charge in [0, 0.05) is 34.8 Å². The lowest BCUT2D eigenvalue weighted by molar-refractivity contribution is -0.384. The van der Waals surface area contributed by atoms with Crippen molar-refractivity contribution in [3.63, 3.8) is 0 Å². The van der Waals surface area contributed by atoms with Crippen LogP contribution < -0.4 is 5.32 Å². The largest absolute Gasteiger partial charge is 0.507 e. The van der Waals surface area contributed by atoms with Gasteiger partial charge in [-0.15, -0.1) is 0 Å². The lowest BCUT2D eigenvalue weighted by Crippen LogP contribution is -2.12. The summed E-state index contributed by atoms with van der Waals surface area (Å²) in [6, 6.07) is 11.5. The SMILES string of the molecule is O=C(Nc1cc(O)c2cc(S(=O)(=O)O)ccc2c1)c1cccc([N+](=O)[O-])c1. The molecule has 27 heavy (non-hydrogen) atoms. The van der Waals surface area contributed by atoms with Gasteiger partial charge in [-0.1, -0.05) is 12.1 Å². The van der Waals surface area contributed by atoms with E-state index in [2.05, 4.69) is 5.32 Å². The Hall–Kier alpha value is -3.50. The maximum Gasteiger partial charge on any atom is 0.294 e. The van der Waals surface area contributed by atoms with E-state index in [1.807, 2.05) is 0 Å². The van der Waals surface area contributed by atoms with Crippen molar-refractivity contribution in [3.05, 3.63) is 70.3 Å². The van der Waals surface area contributed by atoms with Crippen molar-refractivity contribution in [3.8, 4) is 5.75 Å². The molecule has 3 rings (SSSR count). The van der Waals surface area contributed by atoms with Crippen molar-refractivity contribution in [2.45, 2.75) is 4.90 Å². The Balaban J connectivity index is 1.95. The molecule has 0 aromatic heterocycles. The second-order valence-corrected chi connectivity index (χ2v) is 7.04. The zero-order chi connectivity index (χ0) is 19.8. The fraction of sp³-hybridized carbons (Fsp3) is 0. The summed E-state index contributed by atoms with van der Waals surface area (Å²) in [7, 11) is -4.42. The number of aromatic hydroxyl groups is 1. The maximum absolute atomic E-state index is 12.3. The number of anilines is 1. The van der Waals surface area contributed by atoms with Gasteiger partial charge >= 0.3 is 0 Å². The molecular weight excluding hydrogens is 376 g/mol. The smallest absolute Gasteiger partial charge is 0.294 e. The number of non-ortho nitro benzene ring substituents is 1. The number of carbonyl (C=O) groups excluding carboxylic acids is 1. The fourth-order valence-corrected chi connectivity index (χ4v) is 3.02. The van der Waals surface area contributed by atoms with Gasteiger partial charge in [-0.2, -0.15) is 8.42 Å². The number of carbonyl (C=O) groups is 1. The molecule has 0 heterocycles. The first kappa shape index (κ1) is 18.3. The molecule has 138 valence electrons. The molecular formula is C17H12N2O7S. The number of nitro benzene ring substituents is 1. The minimum atomic E-state index is -4.42. The second-order valence-electron chi connectivity index (χ2n) is 5.61. The molecule has 0 bridgehead atoms. The highest BCUT2D eigenvalue weighted by Crippen LogP contribution is 2.31. The van der Waals surface area contributed by atoms with Crippen LogP contribution >= 0.6 is 0 Å². The monoisotopic (exact) mass is 388 g/mol. The Morgan fingerprint density at radius 3 is 2.48 bits per heavy atom. The van der Waals surface area contributed by atoms with E-state index in [0.717, 1.165) is 18.2 Å². The number of nitrogens with one attached hydrogen (secondary N) is 1. The van der Waals surface area contributed by atoms with E-state index in [1.165, 1.54) is 36.4 Å². The normalized spacial score (nSPS) is 11.3. The van der Waals surface area contributed by atoms with Gasteiger partial charge in [0.05, 0.1) is 9.82 Å². The summed E-state index contributed by atoms with van der Waals surface area (Å²) in [5.74, 6) is -0.931. The number of phenolic OH excluding ortho intramolecular Hbond substituents is 1. The molecule has 0 aliphatic rings. The van der Waals surface area contributed by atoms with Crippen molar-refractivity contribution in [2.24, 2.45) is 0 Å². The summed E-state index contributed by atoms with van der Waals surface area (Å²) >= 11 is 0. The summed E-state index contributed by atoms with van der Waals surface area (Å²) in [6.45, 7) is 0. The molecule has 3 aromatic rings. The summed E-state index contributed by atoms with van der Waals surface area (Å²) in [5, 5.41) is 24.0. The number of phenols is 1. The van der Waals surface area contributed by atoms with Gasteiger partial charge in [-0.05, 0) is 29.7 Å². The number of nitrogens with zero attached hydrogens (tertiary/aromatic N) is 1. The van der Waals surface area contributed by atoms with Crippen LogP contribution in [0.3, 0.4) is 0 Å². The van der Waals surface area contributed by atoms with Gasteiger partial charge in [0.25, 0.3) is 21.7 Å². The van der Waals surface area contributed by atoms with Crippen molar-refractivity contribution >= 4 is 38.2 Å². The van der Waals surface area contributed by atoms with Gasteiger partial charge in [-0.25, -0.2) is 0 Å². The Labute approximate surface area is 152 Å². The first-order chi connectivity index (χ1) is 12.6. The van der Waals surface area contributed by atoms with E-state index in [1.54, 1.807) is 0 Å². The lowest BCUT2D eigenvalue weighted by Gasteiger charge is -2.09. The van der Waals surface area contributed by atoms with Crippen LogP contribution in [0.15, 0.2) is 59.5 Å².